The molecule has 3 heteroatoms. The fourth-order valence-electron chi connectivity index (χ4n) is 2.16. The van der Waals surface area contributed by atoms with Crippen LogP contribution in [-0.2, 0) is 16.0 Å². The van der Waals surface area contributed by atoms with Crippen molar-refractivity contribution in [1.82, 2.24) is 0 Å². The van der Waals surface area contributed by atoms with Gasteiger partial charge >= 0.3 is 5.97 Å². The van der Waals surface area contributed by atoms with Gasteiger partial charge in [0.15, 0.2) is 0 Å². The highest BCUT2D eigenvalue weighted by Crippen LogP contribution is 2.18. The Balaban J connectivity index is 2.09. The molecule has 2 aromatic rings. The molecule has 0 aromatic heterocycles. The highest BCUT2D eigenvalue weighted by molar-refractivity contribution is 5.83. The Morgan fingerprint density at radius 1 is 1.21 bits per heavy atom. The summed E-state index contributed by atoms with van der Waals surface area (Å²) in [5.41, 5.74) is 8.18. The number of carbonyl (C=O) groups excluding carboxylic acids is 1. The normalized spacial score (nSPS) is 12.4. The van der Waals surface area contributed by atoms with Gasteiger partial charge in [0.25, 0.3) is 0 Å². The molecular formula is C16H19NO2. The minimum atomic E-state index is -0.543. The number of benzene rings is 2. The van der Waals surface area contributed by atoms with E-state index in [1.54, 1.807) is 0 Å². The van der Waals surface area contributed by atoms with Crippen LogP contribution in [0.25, 0.3) is 10.8 Å². The summed E-state index contributed by atoms with van der Waals surface area (Å²) < 4.78 is 4.62. The van der Waals surface area contributed by atoms with E-state index in [1.165, 1.54) is 29.0 Å². The summed E-state index contributed by atoms with van der Waals surface area (Å²) in [5, 5.41) is 2.45. The Kier molecular flexibility index (Phi) is 4.17. The largest absolute Gasteiger partial charge is 0.468 e. The van der Waals surface area contributed by atoms with E-state index in [0.29, 0.717) is 6.42 Å². The molecule has 0 saturated carbocycles. The van der Waals surface area contributed by atoms with Gasteiger partial charge in [0, 0.05) is 0 Å². The van der Waals surface area contributed by atoms with Crippen molar-refractivity contribution in [3.8, 4) is 0 Å². The molecule has 0 aliphatic carbocycles. The van der Waals surface area contributed by atoms with Crippen LogP contribution in [0.2, 0.25) is 0 Å². The van der Waals surface area contributed by atoms with Gasteiger partial charge in [-0.2, -0.15) is 0 Å². The topological polar surface area (TPSA) is 52.3 Å². The van der Waals surface area contributed by atoms with Crippen molar-refractivity contribution in [2.75, 3.05) is 7.11 Å². The van der Waals surface area contributed by atoms with Crippen LogP contribution in [0.3, 0.4) is 0 Å². The Morgan fingerprint density at radius 2 is 1.89 bits per heavy atom. The van der Waals surface area contributed by atoms with E-state index in [9.17, 15) is 4.79 Å². The van der Waals surface area contributed by atoms with E-state index < -0.39 is 6.04 Å². The lowest BCUT2D eigenvalue weighted by Crippen LogP contribution is -2.31. The number of nitrogens with two attached hydrogens (primary N) is 1. The SMILES string of the molecule is COC(=O)C(N)CCc1ccc2cc(C)ccc2c1. The van der Waals surface area contributed by atoms with Crippen LogP contribution in [0, 0.1) is 6.92 Å². The summed E-state index contributed by atoms with van der Waals surface area (Å²) >= 11 is 0. The van der Waals surface area contributed by atoms with Crippen LogP contribution in [0.4, 0.5) is 0 Å². The second-order valence-corrected chi connectivity index (χ2v) is 4.85. The molecule has 0 saturated heterocycles. The Hall–Kier alpha value is -1.87. The van der Waals surface area contributed by atoms with Gasteiger partial charge < -0.3 is 10.5 Å². The number of carbonyl (C=O) groups is 1. The molecule has 2 aromatic carbocycles. The van der Waals surface area contributed by atoms with Gasteiger partial charge in [0.1, 0.15) is 6.04 Å². The lowest BCUT2D eigenvalue weighted by molar-refractivity contribution is -0.142. The van der Waals surface area contributed by atoms with Gasteiger partial charge in [-0.05, 0) is 36.1 Å². The average molecular weight is 257 g/mol. The molecule has 2 N–H and O–H groups in total. The quantitative estimate of drug-likeness (QED) is 0.856. The number of hydrogen-bond donors (Lipinski definition) is 1. The molecule has 0 spiro atoms. The molecule has 3 nitrogen and oxygen atoms in total. The van der Waals surface area contributed by atoms with Crippen LogP contribution in [0.5, 0.6) is 0 Å². The molecule has 2 rings (SSSR count). The van der Waals surface area contributed by atoms with Crippen LogP contribution in [-0.4, -0.2) is 19.1 Å². The third-order valence-corrected chi connectivity index (χ3v) is 3.31. The first kappa shape index (κ1) is 13.6. The Labute approximate surface area is 113 Å². The molecule has 0 fully saturated rings. The molecule has 0 radical (unpaired) electrons. The van der Waals surface area contributed by atoms with Crippen LogP contribution >= 0.6 is 0 Å². The Bertz CT molecular complexity index is 592. The van der Waals surface area contributed by atoms with Crippen molar-refractivity contribution in [2.24, 2.45) is 5.73 Å². The van der Waals surface area contributed by atoms with E-state index in [0.717, 1.165) is 6.42 Å². The zero-order valence-electron chi connectivity index (χ0n) is 11.3. The first-order chi connectivity index (χ1) is 9.10. The van der Waals surface area contributed by atoms with Gasteiger partial charge in [0.05, 0.1) is 7.11 Å². The van der Waals surface area contributed by atoms with E-state index in [2.05, 4.69) is 48.1 Å². The molecular weight excluding hydrogens is 238 g/mol. The monoisotopic (exact) mass is 257 g/mol. The number of ether oxygens (including phenoxy) is 1. The Morgan fingerprint density at radius 3 is 2.63 bits per heavy atom. The zero-order chi connectivity index (χ0) is 13.8. The van der Waals surface area contributed by atoms with E-state index in [4.69, 9.17) is 5.73 Å². The van der Waals surface area contributed by atoms with E-state index >= 15 is 0 Å². The number of fused-ring (bicyclic) bond motifs is 1. The number of aryl methyl sites for hydroxylation is 2. The molecule has 0 amide bonds. The van der Waals surface area contributed by atoms with Crippen molar-refractivity contribution in [3.63, 3.8) is 0 Å². The third kappa shape index (κ3) is 3.32. The van der Waals surface area contributed by atoms with Gasteiger partial charge in [0.2, 0.25) is 0 Å². The number of esters is 1. The fraction of sp³-hybridized carbons (Fsp3) is 0.312. The maximum atomic E-state index is 11.2. The highest BCUT2D eigenvalue weighted by atomic mass is 16.5. The van der Waals surface area contributed by atoms with Gasteiger partial charge in [-0.15, -0.1) is 0 Å². The van der Waals surface area contributed by atoms with Gasteiger partial charge in [-0.3, -0.25) is 4.79 Å². The van der Waals surface area contributed by atoms with Crippen molar-refractivity contribution in [1.29, 1.82) is 0 Å². The molecule has 0 heterocycles. The first-order valence-electron chi connectivity index (χ1n) is 6.43. The molecule has 1 atom stereocenters. The lowest BCUT2D eigenvalue weighted by atomic mass is 10.0. The van der Waals surface area contributed by atoms with Gasteiger partial charge in [-0.1, -0.05) is 42.0 Å². The molecule has 19 heavy (non-hydrogen) atoms. The van der Waals surface area contributed by atoms with Crippen molar-refractivity contribution < 1.29 is 9.53 Å². The van der Waals surface area contributed by atoms with Crippen LogP contribution < -0.4 is 5.73 Å². The fourth-order valence-corrected chi connectivity index (χ4v) is 2.16. The van der Waals surface area contributed by atoms with Crippen molar-refractivity contribution >= 4 is 16.7 Å². The van der Waals surface area contributed by atoms with E-state index in [-0.39, 0.29) is 5.97 Å². The van der Waals surface area contributed by atoms with Gasteiger partial charge in [-0.25, -0.2) is 0 Å². The summed E-state index contributed by atoms with van der Waals surface area (Å²) in [4.78, 5) is 11.2. The average Bonchev–Trinajstić information content (AvgIpc) is 2.43. The maximum absolute atomic E-state index is 11.2. The second kappa shape index (κ2) is 5.85. The third-order valence-electron chi connectivity index (χ3n) is 3.31. The molecule has 0 aliphatic heterocycles. The predicted molar refractivity (Wildman–Crippen MR) is 77.0 cm³/mol. The van der Waals surface area contributed by atoms with E-state index in [1.807, 2.05) is 0 Å². The van der Waals surface area contributed by atoms with Crippen molar-refractivity contribution in [2.45, 2.75) is 25.8 Å². The molecule has 100 valence electrons. The standard InChI is InChI=1S/C16H19NO2/c1-11-3-6-14-10-12(4-7-13(14)9-11)5-8-15(17)16(18)19-2/h3-4,6-7,9-10,15H,5,8,17H2,1-2H3. The minimum absolute atomic E-state index is 0.351. The highest BCUT2D eigenvalue weighted by Gasteiger charge is 2.13. The predicted octanol–water partition coefficient (Wildman–Crippen LogP) is 2.58. The van der Waals surface area contributed by atoms with Crippen LogP contribution in [0.15, 0.2) is 36.4 Å². The molecule has 1 unspecified atom stereocenters. The lowest BCUT2D eigenvalue weighted by Gasteiger charge is -2.09. The summed E-state index contributed by atoms with van der Waals surface area (Å²) in [7, 11) is 1.36. The molecule has 0 aliphatic rings. The number of rotatable bonds is 4. The smallest absolute Gasteiger partial charge is 0.322 e. The zero-order valence-corrected chi connectivity index (χ0v) is 11.3. The summed E-state index contributed by atoms with van der Waals surface area (Å²) in [6, 6.07) is 12.2. The first-order valence-corrected chi connectivity index (χ1v) is 6.43. The second-order valence-electron chi connectivity index (χ2n) is 4.85. The minimum Gasteiger partial charge on any atom is -0.468 e. The maximum Gasteiger partial charge on any atom is 0.322 e. The number of methoxy groups -OCH3 is 1. The summed E-state index contributed by atoms with van der Waals surface area (Å²) in [5.74, 6) is -0.351. The number of hydrogen-bond acceptors (Lipinski definition) is 3. The van der Waals surface area contributed by atoms with Crippen molar-refractivity contribution in [3.05, 3.63) is 47.5 Å². The summed E-state index contributed by atoms with van der Waals surface area (Å²) in [6.07, 6.45) is 1.38. The molecule has 0 bridgehead atoms. The summed E-state index contributed by atoms with van der Waals surface area (Å²) in [6.45, 7) is 2.09. The van der Waals surface area contributed by atoms with Crippen LogP contribution in [0.1, 0.15) is 17.5 Å².